The summed E-state index contributed by atoms with van der Waals surface area (Å²) < 4.78 is 0. The van der Waals surface area contributed by atoms with Crippen LogP contribution in [0.2, 0.25) is 5.02 Å². The molecule has 0 amide bonds. The lowest BCUT2D eigenvalue weighted by Gasteiger charge is -2.31. The molecule has 0 radical (unpaired) electrons. The van der Waals surface area contributed by atoms with Gasteiger partial charge < -0.3 is 15.1 Å². The molecule has 0 saturated heterocycles. The Morgan fingerprint density at radius 1 is 1.25 bits per heavy atom. The maximum absolute atomic E-state index is 11.1. The number of halogens is 1. The van der Waals surface area contributed by atoms with Gasteiger partial charge in [0.1, 0.15) is 0 Å². The normalized spacial score (nSPS) is 12.2. The molecular weight excluding hydrogens is 282 g/mol. The molecule has 0 bridgehead atoms. The molecule has 1 rings (SSSR count). The Labute approximate surface area is 122 Å². The van der Waals surface area contributed by atoms with Crippen LogP contribution in [-0.4, -0.2) is 34.7 Å². The standard InChI is InChI=1S/C14H18ClNO4/c1-8(2)16(7-9(3)13(17)18)10-4-5-12(15)11(6-10)14(19)20/h4-6,8-9H,7H2,1-3H3,(H,17,18)(H,19,20). The molecule has 0 spiro atoms. The van der Waals surface area contributed by atoms with Crippen LogP contribution < -0.4 is 4.90 Å². The molecule has 0 saturated carbocycles. The number of rotatable bonds is 6. The highest BCUT2D eigenvalue weighted by Crippen LogP contribution is 2.25. The van der Waals surface area contributed by atoms with E-state index in [-0.39, 0.29) is 16.6 Å². The zero-order valence-corrected chi connectivity index (χ0v) is 12.4. The van der Waals surface area contributed by atoms with Gasteiger partial charge in [-0.1, -0.05) is 18.5 Å². The molecule has 0 aliphatic heterocycles. The van der Waals surface area contributed by atoms with Crippen molar-refractivity contribution in [3.63, 3.8) is 0 Å². The maximum Gasteiger partial charge on any atom is 0.337 e. The Hall–Kier alpha value is -1.75. The Kier molecular flexibility index (Phi) is 5.39. The lowest BCUT2D eigenvalue weighted by Crippen LogP contribution is -2.37. The molecule has 1 aromatic rings. The summed E-state index contributed by atoms with van der Waals surface area (Å²) in [7, 11) is 0. The topological polar surface area (TPSA) is 77.8 Å². The van der Waals surface area contributed by atoms with Crippen molar-refractivity contribution in [3.8, 4) is 0 Å². The van der Waals surface area contributed by atoms with E-state index in [1.54, 1.807) is 13.0 Å². The number of benzene rings is 1. The minimum Gasteiger partial charge on any atom is -0.481 e. The number of carbonyl (C=O) groups is 2. The third kappa shape index (κ3) is 3.87. The van der Waals surface area contributed by atoms with E-state index >= 15 is 0 Å². The van der Waals surface area contributed by atoms with Gasteiger partial charge in [0.05, 0.1) is 16.5 Å². The third-order valence-corrected chi connectivity index (χ3v) is 3.36. The average molecular weight is 300 g/mol. The van der Waals surface area contributed by atoms with E-state index in [2.05, 4.69) is 0 Å². The molecule has 1 aromatic carbocycles. The van der Waals surface area contributed by atoms with Crippen molar-refractivity contribution >= 4 is 29.2 Å². The van der Waals surface area contributed by atoms with Gasteiger partial charge in [0.15, 0.2) is 0 Å². The zero-order valence-electron chi connectivity index (χ0n) is 11.6. The lowest BCUT2D eigenvalue weighted by molar-refractivity contribution is -0.140. The number of aliphatic carboxylic acids is 1. The van der Waals surface area contributed by atoms with E-state index in [4.69, 9.17) is 21.8 Å². The summed E-state index contributed by atoms with van der Waals surface area (Å²) in [6, 6.07) is 4.73. The van der Waals surface area contributed by atoms with Crippen LogP contribution in [0.25, 0.3) is 0 Å². The summed E-state index contributed by atoms with van der Waals surface area (Å²) in [5, 5.41) is 18.3. The Bertz CT molecular complexity index is 516. The van der Waals surface area contributed by atoms with Gasteiger partial charge >= 0.3 is 11.9 Å². The van der Waals surface area contributed by atoms with Gasteiger partial charge in [-0.3, -0.25) is 4.79 Å². The highest BCUT2D eigenvalue weighted by Gasteiger charge is 2.20. The molecule has 0 fully saturated rings. The summed E-state index contributed by atoms with van der Waals surface area (Å²) in [5.74, 6) is -2.55. The van der Waals surface area contributed by atoms with E-state index in [0.29, 0.717) is 12.2 Å². The number of carboxylic acid groups (broad SMARTS) is 2. The van der Waals surface area contributed by atoms with E-state index in [9.17, 15) is 9.59 Å². The van der Waals surface area contributed by atoms with Crippen molar-refractivity contribution < 1.29 is 19.8 Å². The predicted molar refractivity (Wildman–Crippen MR) is 77.7 cm³/mol. The van der Waals surface area contributed by atoms with Crippen LogP contribution in [0.4, 0.5) is 5.69 Å². The molecule has 0 aromatic heterocycles. The fraction of sp³-hybridized carbons (Fsp3) is 0.429. The van der Waals surface area contributed by atoms with Crippen LogP contribution in [0.1, 0.15) is 31.1 Å². The molecule has 2 N–H and O–H groups in total. The van der Waals surface area contributed by atoms with E-state index < -0.39 is 17.9 Å². The quantitative estimate of drug-likeness (QED) is 0.844. The van der Waals surface area contributed by atoms with Crippen molar-refractivity contribution in [2.45, 2.75) is 26.8 Å². The summed E-state index contributed by atoms with van der Waals surface area (Å²) >= 11 is 5.84. The van der Waals surface area contributed by atoms with Crippen molar-refractivity contribution in [2.75, 3.05) is 11.4 Å². The van der Waals surface area contributed by atoms with Crippen LogP contribution in [0.5, 0.6) is 0 Å². The fourth-order valence-electron chi connectivity index (χ4n) is 1.84. The van der Waals surface area contributed by atoms with E-state index in [1.165, 1.54) is 12.1 Å². The summed E-state index contributed by atoms with van der Waals surface area (Å²) in [6.07, 6.45) is 0. The van der Waals surface area contributed by atoms with Gasteiger partial charge in [-0.05, 0) is 32.0 Å². The van der Waals surface area contributed by atoms with Crippen LogP contribution in [0, 0.1) is 5.92 Å². The molecule has 6 heteroatoms. The van der Waals surface area contributed by atoms with Crippen molar-refractivity contribution in [3.05, 3.63) is 28.8 Å². The van der Waals surface area contributed by atoms with Crippen molar-refractivity contribution in [2.24, 2.45) is 5.92 Å². The first-order valence-corrected chi connectivity index (χ1v) is 6.64. The van der Waals surface area contributed by atoms with Gasteiger partial charge in [0, 0.05) is 18.3 Å². The van der Waals surface area contributed by atoms with Crippen LogP contribution >= 0.6 is 11.6 Å². The Balaban J connectivity index is 3.12. The highest BCUT2D eigenvalue weighted by atomic mass is 35.5. The first-order chi connectivity index (χ1) is 9.23. The minimum atomic E-state index is -1.10. The summed E-state index contributed by atoms with van der Waals surface area (Å²) in [6.45, 7) is 5.76. The summed E-state index contributed by atoms with van der Waals surface area (Å²) in [5.41, 5.74) is 0.660. The SMILES string of the molecule is CC(CN(c1ccc(Cl)c(C(=O)O)c1)C(C)C)C(=O)O. The van der Waals surface area contributed by atoms with Crippen LogP contribution in [0.3, 0.4) is 0 Å². The van der Waals surface area contributed by atoms with Gasteiger partial charge in [0.25, 0.3) is 0 Å². The molecule has 20 heavy (non-hydrogen) atoms. The van der Waals surface area contributed by atoms with Crippen molar-refractivity contribution in [1.82, 2.24) is 0 Å². The molecule has 5 nitrogen and oxygen atoms in total. The Morgan fingerprint density at radius 2 is 1.85 bits per heavy atom. The molecular formula is C14H18ClNO4. The second-order valence-corrected chi connectivity index (χ2v) is 5.36. The van der Waals surface area contributed by atoms with Gasteiger partial charge in [0.2, 0.25) is 0 Å². The van der Waals surface area contributed by atoms with Crippen LogP contribution in [-0.2, 0) is 4.79 Å². The molecule has 0 aliphatic rings. The largest absolute Gasteiger partial charge is 0.481 e. The molecule has 110 valence electrons. The minimum absolute atomic E-state index is 0.0118. The van der Waals surface area contributed by atoms with Crippen molar-refractivity contribution in [1.29, 1.82) is 0 Å². The number of hydrogen-bond donors (Lipinski definition) is 2. The first-order valence-electron chi connectivity index (χ1n) is 6.26. The van der Waals surface area contributed by atoms with E-state index in [1.807, 2.05) is 18.7 Å². The molecule has 1 atom stereocenters. The third-order valence-electron chi connectivity index (χ3n) is 3.03. The number of anilines is 1. The monoisotopic (exact) mass is 299 g/mol. The Morgan fingerprint density at radius 3 is 2.30 bits per heavy atom. The summed E-state index contributed by atoms with van der Waals surface area (Å²) in [4.78, 5) is 23.9. The molecule has 0 aliphatic carbocycles. The maximum atomic E-state index is 11.1. The fourth-order valence-corrected chi connectivity index (χ4v) is 2.04. The van der Waals surface area contributed by atoms with Gasteiger partial charge in [-0.15, -0.1) is 0 Å². The second-order valence-electron chi connectivity index (χ2n) is 4.95. The first kappa shape index (κ1) is 16.3. The number of carboxylic acids is 2. The second kappa shape index (κ2) is 6.61. The number of aromatic carboxylic acids is 1. The van der Waals surface area contributed by atoms with Crippen LogP contribution in [0.15, 0.2) is 18.2 Å². The molecule has 1 unspecified atom stereocenters. The highest BCUT2D eigenvalue weighted by molar-refractivity contribution is 6.33. The zero-order chi connectivity index (χ0) is 15.4. The number of hydrogen-bond acceptors (Lipinski definition) is 3. The average Bonchev–Trinajstić information content (AvgIpc) is 2.35. The number of nitrogens with zero attached hydrogens (tertiary/aromatic N) is 1. The predicted octanol–water partition coefficient (Wildman–Crippen LogP) is 2.97. The van der Waals surface area contributed by atoms with E-state index in [0.717, 1.165) is 0 Å². The van der Waals surface area contributed by atoms with Gasteiger partial charge in [-0.25, -0.2) is 4.79 Å². The lowest BCUT2D eigenvalue weighted by atomic mass is 10.1. The smallest absolute Gasteiger partial charge is 0.337 e. The van der Waals surface area contributed by atoms with Gasteiger partial charge in [-0.2, -0.15) is 0 Å². The molecule has 0 heterocycles.